The topological polar surface area (TPSA) is 121 Å². The molecule has 3 atom stereocenters. The average Bonchev–Trinajstić information content (AvgIpc) is 3.27. The van der Waals surface area contributed by atoms with Crippen LogP contribution in [0.3, 0.4) is 0 Å². The molecule has 0 radical (unpaired) electrons. The summed E-state index contributed by atoms with van der Waals surface area (Å²) in [6.45, 7) is 8.46. The Balaban J connectivity index is 1.25. The molecule has 3 aromatic heterocycles. The molecule has 0 spiro atoms. The van der Waals surface area contributed by atoms with Crippen LogP contribution >= 0.6 is 11.3 Å². The van der Waals surface area contributed by atoms with Gasteiger partial charge in [0.1, 0.15) is 18.0 Å². The lowest BCUT2D eigenvalue weighted by molar-refractivity contribution is -0.142. The molecule has 2 saturated heterocycles. The first-order valence-corrected chi connectivity index (χ1v) is 12.7. The number of anilines is 2. The minimum atomic E-state index is -0.950. The van der Waals surface area contributed by atoms with E-state index in [9.17, 15) is 9.90 Å². The highest BCUT2D eigenvalue weighted by molar-refractivity contribution is 7.18. The summed E-state index contributed by atoms with van der Waals surface area (Å²) in [5.74, 6) is 1.00. The fourth-order valence-electron chi connectivity index (χ4n) is 4.64. The van der Waals surface area contributed by atoms with Gasteiger partial charge in [-0.2, -0.15) is 0 Å². The summed E-state index contributed by atoms with van der Waals surface area (Å²) >= 11 is 1.71. The van der Waals surface area contributed by atoms with Crippen LogP contribution in [0.25, 0.3) is 10.2 Å². The second-order valence-electron chi connectivity index (χ2n) is 9.23. The Bertz CT molecular complexity index is 1190. The van der Waals surface area contributed by atoms with Crippen LogP contribution in [0.4, 0.5) is 11.8 Å². The highest BCUT2D eigenvalue weighted by atomic mass is 32.1. The third-order valence-corrected chi connectivity index (χ3v) is 7.68. The Kier molecular flexibility index (Phi) is 6.83. The molecule has 2 aliphatic heterocycles. The summed E-state index contributed by atoms with van der Waals surface area (Å²) < 4.78 is 7.02. The van der Waals surface area contributed by atoms with Crippen molar-refractivity contribution in [2.24, 2.45) is 0 Å². The number of nitrogen functional groups attached to an aromatic ring is 1. The number of aromatic nitrogens is 3. The highest BCUT2D eigenvalue weighted by Crippen LogP contribution is 2.29. The van der Waals surface area contributed by atoms with Crippen molar-refractivity contribution in [3.8, 4) is 0 Å². The molecule has 2 aliphatic rings. The van der Waals surface area contributed by atoms with Gasteiger partial charge in [0, 0.05) is 55.4 Å². The summed E-state index contributed by atoms with van der Waals surface area (Å²) in [6, 6.07) is 6.10. The Morgan fingerprint density at radius 2 is 2.11 bits per heavy atom. The number of piperazine rings is 1. The summed E-state index contributed by atoms with van der Waals surface area (Å²) in [4.78, 5) is 33.3. The van der Waals surface area contributed by atoms with E-state index in [2.05, 4.69) is 32.8 Å². The summed E-state index contributed by atoms with van der Waals surface area (Å²) in [5.41, 5.74) is 7.66. The van der Waals surface area contributed by atoms with E-state index in [0.717, 1.165) is 35.4 Å². The first-order chi connectivity index (χ1) is 16.9. The first-order valence-electron chi connectivity index (χ1n) is 11.9. The maximum Gasteiger partial charge on any atom is 0.251 e. The number of amides is 1. The van der Waals surface area contributed by atoms with Crippen molar-refractivity contribution in [1.82, 2.24) is 24.8 Å². The van der Waals surface area contributed by atoms with E-state index < -0.39 is 6.10 Å². The van der Waals surface area contributed by atoms with E-state index in [1.54, 1.807) is 28.5 Å². The third kappa shape index (κ3) is 5.22. The molecular formula is C24H31N7O3S. The van der Waals surface area contributed by atoms with E-state index in [1.165, 1.54) is 11.8 Å². The summed E-state index contributed by atoms with van der Waals surface area (Å²) in [7, 11) is 0. The van der Waals surface area contributed by atoms with Crippen LogP contribution < -0.4 is 10.6 Å². The fraction of sp³-hybridized carbons (Fsp3) is 0.500. The minimum absolute atomic E-state index is 0.102. The largest absolute Gasteiger partial charge is 0.384 e. The van der Waals surface area contributed by atoms with Gasteiger partial charge in [0.25, 0.3) is 5.91 Å². The lowest BCUT2D eigenvalue weighted by Crippen LogP contribution is -2.54. The van der Waals surface area contributed by atoms with Gasteiger partial charge >= 0.3 is 0 Å². The quantitative estimate of drug-likeness (QED) is 0.542. The average molecular weight is 498 g/mol. The lowest BCUT2D eigenvalue weighted by atomic mass is 10.1. The number of aliphatic hydroxyl groups excluding tert-OH is 1. The van der Waals surface area contributed by atoms with Crippen LogP contribution in [0, 0.1) is 0 Å². The molecule has 11 heteroatoms. The molecular weight excluding hydrogens is 466 g/mol. The van der Waals surface area contributed by atoms with E-state index in [1.807, 2.05) is 12.3 Å². The van der Waals surface area contributed by atoms with Crippen LogP contribution in [0.1, 0.15) is 30.4 Å². The standard InChI is InChI=1S/C24H31N7O3S/c1-15-12-30(23(33)16(2)32)6-5-29(15)13-18-9-19-21(35-18)11-27-24(28-19)31-7-8-34-20(14-31)17-3-4-22(25)26-10-17/h3-4,9-11,15-16,20,32H,5-8,12-14H2,1-2H3,(H2,25,26)/t15?,16-,20+/m0/s1. The molecule has 1 unspecified atom stereocenters. The number of hydrogen-bond acceptors (Lipinski definition) is 10. The zero-order valence-electron chi connectivity index (χ0n) is 20.0. The Morgan fingerprint density at radius 1 is 1.26 bits per heavy atom. The van der Waals surface area contributed by atoms with Gasteiger partial charge in [-0.05, 0) is 26.0 Å². The zero-order chi connectivity index (χ0) is 24.5. The van der Waals surface area contributed by atoms with Crippen molar-refractivity contribution in [3.63, 3.8) is 0 Å². The number of pyridine rings is 1. The predicted octanol–water partition coefficient (Wildman–Crippen LogP) is 1.66. The van der Waals surface area contributed by atoms with E-state index in [-0.39, 0.29) is 18.1 Å². The van der Waals surface area contributed by atoms with Gasteiger partial charge in [0.2, 0.25) is 5.95 Å². The molecule has 3 N–H and O–H groups in total. The second-order valence-corrected chi connectivity index (χ2v) is 10.4. The van der Waals surface area contributed by atoms with Gasteiger partial charge in [-0.1, -0.05) is 6.07 Å². The molecule has 0 saturated carbocycles. The molecule has 10 nitrogen and oxygen atoms in total. The van der Waals surface area contributed by atoms with Crippen molar-refractivity contribution in [2.45, 2.75) is 38.6 Å². The van der Waals surface area contributed by atoms with Crippen LogP contribution in [0.2, 0.25) is 0 Å². The van der Waals surface area contributed by atoms with Crippen molar-refractivity contribution < 1.29 is 14.6 Å². The number of rotatable bonds is 5. The second kappa shape index (κ2) is 10.0. The highest BCUT2D eigenvalue weighted by Gasteiger charge is 2.29. The number of aliphatic hydroxyl groups is 1. The first kappa shape index (κ1) is 23.9. The van der Waals surface area contributed by atoms with Gasteiger partial charge in [0.15, 0.2) is 0 Å². The predicted molar refractivity (Wildman–Crippen MR) is 135 cm³/mol. The Morgan fingerprint density at radius 3 is 2.86 bits per heavy atom. The summed E-state index contributed by atoms with van der Waals surface area (Å²) in [5, 5.41) is 9.61. The fourth-order valence-corrected chi connectivity index (χ4v) is 5.64. The molecule has 0 aromatic carbocycles. The van der Waals surface area contributed by atoms with Crippen molar-refractivity contribution >= 4 is 39.2 Å². The number of hydrogen-bond donors (Lipinski definition) is 2. The summed E-state index contributed by atoms with van der Waals surface area (Å²) in [6.07, 6.45) is 2.62. The number of ether oxygens (including phenoxy) is 1. The molecule has 0 aliphatic carbocycles. The van der Waals surface area contributed by atoms with Gasteiger partial charge in [0.05, 0.1) is 29.6 Å². The van der Waals surface area contributed by atoms with Gasteiger partial charge < -0.3 is 25.4 Å². The number of nitrogens with zero attached hydrogens (tertiary/aromatic N) is 6. The molecule has 3 aromatic rings. The molecule has 0 bridgehead atoms. The Hall–Kier alpha value is -2.86. The SMILES string of the molecule is CC1CN(C(=O)[C@H](C)O)CCN1Cc1cc2nc(N3CCO[C@@H](c4ccc(N)nc4)C3)ncc2s1. The maximum atomic E-state index is 12.1. The smallest absolute Gasteiger partial charge is 0.251 e. The number of carbonyl (C=O) groups is 1. The number of carbonyl (C=O) groups excluding carboxylic acids is 1. The van der Waals surface area contributed by atoms with Crippen LogP contribution in [0.15, 0.2) is 30.6 Å². The van der Waals surface area contributed by atoms with E-state index in [4.69, 9.17) is 15.5 Å². The molecule has 5 heterocycles. The van der Waals surface area contributed by atoms with Crippen LogP contribution in [0.5, 0.6) is 0 Å². The molecule has 35 heavy (non-hydrogen) atoms. The third-order valence-electron chi connectivity index (χ3n) is 6.63. The number of nitrogens with two attached hydrogens (primary N) is 1. The van der Waals surface area contributed by atoms with Crippen molar-refractivity contribution in [2.75, 3.05) is 50.0 Å². The number of morpholine rings is 1. The lowest BCUT2D eigenvalue weighted by Gasteiger charge is -2.40. The monoisotopic (exact) mass is 497 g/mol. The molecule has 1 amide bonds. The number of thiophene rings is 1. The minimum Gasteiger partial charge on any atom is -0.384 e. The molecule has 2 fully saturated rings. The molecule has 5 rings (SSSR count). The van der Waals surface area contributed by atoms with E-state index in [0.29, 0.717) is 38.0 Å². The Labute approximate surface area is 208 Å². The van der Waals surface area contributed by atoms with Crippen molar-refractivity contribution in [3.05, 3.63) is 41.0 Å². The van der Waals surface area contributed by atoms with Gasteiger partial charge in [-0.15, -0.1) is 11.3 Å². The number of fused-ring (bicyclic) bond motifs is 1. The van der Waals surface area contributed by atoms with Crippen molar-refractivity contribution in [1.29, 1.82) is 0 Å². The maximum absolute atomic E-state index is 12.1. The van der Waals surface area contributed by atoms with Crippen LogP contribution in [-0.2, 0) is 16.1 Å². The van der Waals surface area contributed by atoms with Gasteiger partial charge in [-0.3, -0.25) is 9.69 Å². The molecule has 186 valence electrons. The van der Waals surface area contributed by atoms with Crippen LogP contribution in [-0.4, -0.2) is 87.2 Å². The normalized spacial score (nSPS) is 22.5. The zero-order valence-corrected chi connectivity index (χ0v) is 20.8. The van der Waals surface area contributed by atoms with E-state index >= 15 is 0 Å². The van der Waals surface area contributed by atoms with Gasteiger partial charge in [-0.25, -0.2) is 15.0 Å².